The average Bonchev–Trinajstić information content (AvgIpc) is 2.64. The van der Waals surface area contributed by atoms with Crippen LogP contribution in [0.3, 0.4) is 0 Å². The van der Waals surface area contributed by atoms with E-state index in [0.717, 1.165) is 44.1 Å². The summed E-state index contributed by atoms with van der Waals surface area (Å²) in [4.78, 5) is 15.9. The lowest BCUT2D eigenvalue weighted by molar-refractivity contribution is 0.0956. The lowest BCUT2D eigenvalue weighted by Gasteiger charge is -2.12. The highest BCUT2D eigenvalue weighted by atomic mass is 16.5. The molecule has 0 heterocycles. The summed E-state index contributed by atoms with van der Waals surface area (Å²) in [6.07, 6.45) is 3.24. The molecule has 0 saturated heterocycles. The average molecular weight is 348 g/mol. The Labute approximate surface area is 151 Å². The van der Waals surface area contributed by atoms with Crippen LogP contribution in [0.25, 0.3) is 0 Å². The van der Waals surface area contributed by atoms with Crippen LogP contribution in [0.4, 0.5) is 0 Å². The van der Waals surface area contributed by atoms with E-state index in [1.807, 2.05) is 31.2 Å². The molecular formula is C19H32N4O2. The number of hydrogen-bond donors (Lipinski definition) is 3. The molecule has 140 valence electrons. The van der Waals surface area contributed by atoms with Crippen LogP contribution in [0, 0.1) is 0 Å². The molecule has 0 aliphatic rings. The number of benzene rings is 1. The molecule has 0 radical (unpaired) electrons. The van der Waals surface area contributed by atoms with Crippen molar-refractivity contribution in [2.45, 2.75) is 39.7 Å². The highest BCUT2D eigenvalue weighted by Crippen LogP contribution is 2.04. The predicted octanol–water partition coefficient (Wildman–Crippen LogP) is 2.31. The van der Waals surface area contributed by atoms with E-state index in [-0.39, 0.29) is 5.91 Å². The monoisotopic (exact) mass is 348 g/mol. The molecule has 0 spiro atoms. The Morgan fingerprint density at radius 2 is 1.76 bits per heavy atom. The normalized spacial score (nSPS) is 11.2. The Hall–Kier alpha value is -2.08. The fourth-order valence-electron chi connectivity index (χ4n) is 2.17. The molecule has 0 bridgehead atoms. The SMILES string of the molecule is CCCCOCCCNC(=NC)NCc1ccc(C(=O)NCC)cc1. The number of carbonyl (C=O) groups excluding carboxylic acids is 1. The summed E-state index contributed by atoms with van der Waals surface area (Å²) in [6, 6.07) is 7.58. The van der Waals surface area contributed by atoms with E-state index in [9.17, 15) is 4.79 Å². The number of aliphatic imine (C=N–C) groups is 1. The first-order valence-electron chi connectivity index (χ1n) is 9.10. The summed E-state index contributed by atoms with van der Waals surface area (Å²) < 4.78 is 5.53. The molecule has 3 N–H and O–H groups in total. The third kappa shape index (κ3) is 9.10. The Balaban J connectivity index is 2.26. The fourth-order valence-corrected chi connectivity index (χ4v) is 2.17. The van der Waals surface area contributed by atoms with E-state index in [2.05, 4.69) is 27.9 Å². The van der Waals surface area contributed by atoms with Crippen LogP contribution in [0.5, 0.6) is 0 Å². The van der Waals surface area contributed by atoms with Gasteiger partial charge in [0.15, 0.2) is 5.96 Å². The van der Waals surface area contributed by atoms with Gasteiger partial charge in [0, 0.05) is 45.5 Å². The smallest absolute Gasteiger partial charge is 0.251 e. The lowest BCUT2D eigenvalue weighted by atomic mass is 10.1. The number of ether oxygens (including phenoxy) is 1. The maximum Gasteiger partial charge on any atom is 0.251 e. The standard InChI is InChI=1S/C19H32N4O2/c1-4-6-13-25-14-7-12-22-19(20-3)23-15-16-8-10-17(11-9-16)18(24)21-5-2/h8-11H,4-7,12-15H2,1-3H3,(H,21,24)(H2,20,22,23). The van der Waals surface area contributed by atoms with Gasteiger partial charge < -0.3 is 20.7 Å². The van der Waals surface area contributed by atoms with Crippen LogP contribution in [0.1, 0.15) is 49.0 Å². The fraction of sp³-hybridized carbons (Fsp3) is 0.579. The number of guanidine groups is 1. The van der Waals surface area contributed by atoms with Gasteiger partial charge in [-0.3, -0.25) is 9.79 Å². The van der Waals surface area contributed by atoms with Gasteiger partial charge in [-0.1, -0.05) is 25.5 Å². The Bertz CT molecular complexity index is 515. The van der Waals surface area contributed by atoms with Gasteiger partial charge in [0.1, 0.15) is 0 Å². The second-order valence-electron chi connectivity index (χ2n) is 5.73. The molecule has 0 aliphatic carbocycles. The second kappa shape index (κ2) is 13.2. The van der Waals surface area contributed by atoms with Gasteiger partial charge in [-0.2, -0.15) is 0 Å². The van der Waals surface area contributed by atoms with E-state index < -0.39 is 0 Å². The zero-order valence-electron chi connectivity index (χ0n) is 15.7. The first-order chi connectivity index (χ1) is 12.2. The number of rotatable bonds is 11. The molecule has 0 saturated carbocycles. The quantitative estimate of drug-likeness (QED) is 0.326. The minimum absolute atomic E-state index is 0.0411. The summed E-state index contributed by atoms with van der Waals surface area (Å²) in [5.74, 6) is 0.724. The van der Waals surface area contributed by atoms with Gasteiger partial charge in [-0.15, -0.1) is 0 Å². The molecular weight excluding hydrogens is 316 g/mol. The highest BCUT2D eigenvalue weighted by Gasteiger charge is 2.04. The molecule has 1 aromatic carbocycles. The molecule has 6 nitrogen and oxygen atoms in total. The minimum Gasteiger partial charge on any atom is -0.381 e. The van der Waals surface area contributed by atoms with Crippen LogP contribution in [0.15, 0.2) is 29.3 Å². The predicted molar refractivity (Wildman–Crippen MR) is 103 cm³/mol. The summed E-state index contributed by atoms with van der Waals surface area (Å²) in [5.41, 5.74) is 1.77. The largest absolute Gasteiger partial charge is 0.381 e. The maximum absolute atomic E-state index is 11.7. The third-order valence-corrected chi connectivity index (χ3v) is 3.64. The molecule has 0 atom stereocenters. The molecule has 0 aromatic heterocycles. The number of nitrogens with one attached hydrogen (secondary N) is 3. The molecule has 0 unspecified atom stereocenters. The number of nitrogens with zero attached hydrogens (tertiary/aromatic N) is 1. The first kappa shape index (κ1) is 21.0. The van der Waals surface area contributed by atoms with E-state index in [1.54, 1.807) is 7.05 Å². The number of hydrogen-bond acceptors (Lipinski definition) is 3. The zero-order valence-corrected chi connectivity index (χ0v) is 15.7. The first-order valence-corrected chi connectivity index (χ1v) is 9.10. The zero-order chi connectivity index (χ0) is 18.3. The molecule has 0 aliphatic heterocycles. The van der Waals surface area contributed by atoms with Crippen molar-refractivity contribution in [3.05, 3.63) is 35.4 Å². The van der Waals surface area contributed by atoms with Crippen molar-refractivity contribution >= 4 is 11.9 Å². The molecule has 0 fully saturated rings. The summed E-state index contributed by atoms with van der Waals surface area (Å²) >= 11 is 0. The Morgan fingerprint density at radius 3 is 2.40 bits per heavy atom. The minimum atomic E-state index is -0.0411. The van der Waals surface area contributed by atoms with Crippen molar-refractivity contribution in [3.8, 4) is 0 Å². The lowest BCUT2D eigenvalue weighted by Crippen LogP contribution is -2.37. The molecule has 6 heteroatoms. The maximum atomic E-state index is 11.7. The van der Waals surface area contributed by atoms with Crippen molar-refractivity contribution < 1.29 is 9.53 Å². The Morgan fingerprint density at radius 1 is 1.04 bits per heavy atom. The number of carbonyl (C=O) groups is 1. The van der Waals surface area contributed by atoms with Crippen LogP contribution in [-0.4, -0.2) is 45.2 Å². The molecule has 25 heavy (non-hydrogen) atoms. The molecule has 1 amide bonds. The second-order valence-corrected chi connectivity index (χ2v) is 5.73. The van der Waals surface area contributed by atoms with Crippen LogP contribution in [-0.2, 0) is 11.3 Å². The summed E-state index contributed by atoms with van der Waals surface area (Å²) in [5, 5.41) is 9.33. The third-order valence-electron chi connectivity index (χ3n) is 3.64. The van der Waals surface area contributed by atoms with Crippen LogP contribution < -0.4 is 16.0 Å². The number of unbranched alkanes of at least 4 members (excludes halogenated alkanes) is 1. The van der Waals surface area contributed by atoms with Crippen molar-refractivity contribution in [2.75, 3.05) is 33.4 Å². The van der Waals surface area contributed by atoms with E-state index in [0.29, 0.717) is 18.7 Å². The number of amides is 1. The van der Waals surface area contributed by atoms with Gasteiger partial charge in [-0.25, -0.2) is 0 Å². The topological polar surface area (TPSA) is 74.8 Å². The molecule has 1 aromatic rings. The van der Waals surface area contributed by atoms with Crippen molar-refractivity contribution in [2.24, 2.45) is 4.99 Å². The van der Waals surface area contributed by atoms with Crippen molar-refractivity contribution in [1.82, 2.24) is 16.0 Å². The van der Waals surface area contributed by atoms with Crippen molar-refractivity contribution in [1.29, 1.82) is 0 Å². The van der Waals surface area contributed by atoms with Gasteiger partial charge in [0.2, 0.25) is 0 Å². The summed E-state index contributed by atoms with van der Waals surface area (Å²) in [7, 11) is 1.76. The van der Waals surface area contributed by atoms with E-state index >= 15 is 0 Å². The highest BCUT2D eigenvalue weighted by molar-refractivity contribution is 5.94. The van der Waals surface area contributed by atoms with Gasteiger partial charge in [0.05, 0.1) is 0 Å². The van der Waals surface area contributed by atoms with Gasteiger partial charge in [0.25, 0.3) is 5.91 Å². The molecule has 1 rings (SSSR count). The van der Waals surface area contributed by atoms with E-state index in [1.165, 1.54) is 6.42 Å². The summed E-state index contributed by atoms with van der Waals surface area (Å²) in [6.45, 7) is 7.79. The van der Waals surface area contributed by atoms with Gasteiger partial charge >= 0.3 is 0 Å². The Kier molecular flexibility index (Phi) is 11.1. The van der Waals surface area contributed by atoms with Crippen molar-refractivity contribution in [3.63, 3.8) is 0 Å². The van der Waals surface area contributed by atoms with E-state index in [4.69, 9.17) is 4.74 Å². The van der Waals surface area contributed by atoms with Crippen LogP contribution >= 0.6 is 0 Å². The van der Waals surface area contributed by atoms with Crippen LogP contribution in [0.2, 0.25) is 0 Å². The van der Waals surface area contributed by atoms with Gasteiger partial charge in [-0.05, 0) is 37.5 Å².